The van der Waals surface area contributed by atoms with E-state index in [4.69, 9.17) is 9.47 Å². The minimum absolute atomic E-state index is 0.245. The van der Waals surface area contributed by atoms with Gasteiger partial charge in [0.15, 0.2) is 5.82 Å². The van der Waals surface area contributed by atoms with E-state index in [0.717, 1.165) is 11.1 Å². The van der Waals surface area contributed by atoms with Crippen molar-refractivity contribution in [3.05, 3.63) is 70.8 Å². The molecule has 2 aromatic heterocycles. The number of nitrogens with zero attached hydrogens (tertiary/aromatic N) is 4. The van der Waals surface area contributed by atoms with Gasteiger partial charge < -0.3 is 19.3 Å². The highest BCUT2D eigenvalue weighted by atomic mass is 19.1. The average molecular weight is 464 g/mol. The van der Waals surface area contributed by atoms with E-state index in [1.54, 1.807) is 48.5 Å². The van der Waals surface area contributed by atoms with E-state index >= 15 is 0 Å². The van der Waals surface area contributed by atoms with Gasteiger partial charge in [0, 0.05) is 26.2 Å². The second kappa shape index (κ2) is 9.46. The van der Waals surface area contributed by atoms with E-state index in [1.165, 1.54) is 18.1 Å². The molecule has 3 aromatic rings. The van der Waals surface area contributed by atoms with Crippen molar-refractivity contribution in [3.63, 3.8) is 0 Å². The zero-order chi connectivity index (χ0) is 24.4. The molecule has 3 heterocycles. The van der Waals surface area contributed by atoms with Crippen LogP contribution in [0.25, 0.3) is 0 Å². The van der Waals surface area contributed by atoms with Crippen LogP contribution in [0.2, 0.25) is 0 Å². The number of fused-ring (bicyclic) bond motifs is 2. The summed E-state index contributed by atoms with van der Waals surface area (Å²) in [7, 11) is 2.98. The Kier molecular flexibility index (Phi) is 6.45. The number of benzene rings is 1. The Morgan fingerprint density at radius 3 is 2.65 bits per heavy atom. The molecule has 0 aliphatic carbocycles. The Labute approximate surface area is 196 Å². The van der Waals surface area contributed by atoms with Gasteiger partial charge >= 0.3 is 5.97 Å². The quantitative estimate of drug-likeness (QED) is 0.401. The van der Waals surface area contributed by atoms with Crippen molar-refractivity contribution in [3.8, 4) is 5.75 Å². The third-order valence-corrected chi connectivity index (χ3v) is 5.71. The van der Waals surface area contributed by atoms with E-state index in [1.807, 2.05) is 13.8 Å². The second-order valence-electron chi connectivity index (χ2n) is 7.87. The van der Waals surface area contributed by atoms with Gasteiger partial charge in [-0.15, -0.1) is 0 Å². The molecule has 0 saturated carbocycles. The number of halogens is 1. The number of anilines is 3. The first-order valence-corrected chi connectivity index (χ1v) is 10.9. The summed E-state index contributed by atoms with van der Waals surface area (Å²) in [6, 6.07) is 9.68. The Hall–Kier alpha value is -4.01. The van der Waals surface area contributed by atoms with Crippen LogP contribution in [0.15, 0.2) is 42.6 Å². The van der Waals surface area contributed by atoms with Gasteiger partial charge in [-0.3, -0.25) is 4.79 Å². The lowest BCUT2D eigenvalue weighted by Crippen LogP contribution is -2.25. The molecule has 1 aliphatic heterocycles. The summed E-state index contributed by atoms with van der Waals surface area (Å²) in [5.41, 5.74) is 3.03. The van der Waals surface area contributed by atoms with Gasteiger partial charge in [-0.25, -0.2) is 9.78 Å². The highest BCUT2D eigenvalue weighted by Crippen LogP contribution is 2.37. The predicted octanol–water partition coefficient (Wildman–Crippen LogP) is 4.08. The number of rotatable bonds is 6. The molecule has 0 radical (unpaired) electrons. The van der Waals surface area contributed by atoms with Crippen molar-refractivity contribution in [2.24, 2.45) is 0 Å². The van der Waals surface area contributed by atoms with Gasteiger partial charge in [0.1, 0.15) is 11.6 Å². The molecule has 34 heavy (non-hydrogen) atoms. The molecule has 1 amide bonds. The molecule has 1 aliphatic rings. The van der Waals surface area contributed by atoms with E-state index in [2.05, 4.69) is 9.97 Å². The first-order chi connectivity index (χ1) is 16.3. The fraction of sp³-hybridized carbons (Fsp3) is 0.280. The first-order valence-electron chi connectivity index (χ1n) is 10.9. The Bertz CT molecular complexity index is 1260. The van der Waals surface area contributed by atoms with Crippen molar-refractivity contribution in [1.29, 1.82) is 0 Å². The number of hydrogen-bond acceptors (Lipinski definition) is 7. The van der Waals surface area contributed by atoms with Crippen molar-refractivity contribution in [2.75, 3.05) is 37.1 Å². The summed E-state index contributed by atoms with van der Waals surface area (Å²) in [5.74, 6) is 0.186. The highest BCUT2D eigenvalue weighted by Gasteiger charge is 2.31. The molecule has 0 fully saturated rings. The van der Waals surface area contributed by atoms with Crippen molar-refractivity contribution < 1.29 is 23.5 Å². The van der Waals surface area contributed by atoms with Crippen LogP contribution in [0.5, 0.6) is 5.75 Å². The van der Waals surface area contributed by atoms with Crippen LogP contribution in [-0.2, 0) is 11.2 Å². The SMILES string of the molecule is CCN1c2ncc(CCOc3ccc(C(=O)OC)cc3C)cc2C(=O)N(C)c2ccc(F)nc21. The number of methoxy groups -OCH3 is 1. The van der Waals surface area contributed by atoms with E-state index in [-0.39, 0.29) is 5.91 Å². The van der Waals surface area contributed by atoms with Crippen molar-refractivity contribution in [2.45, 2.75) is 20.3 Å². The number of amides is 1. The zero-order valence-electron chi connectivity index (χ0n) is 19.5. The molecule has 4 rings (SSSR count). The third-order valence-electron chi connectivity index (χ3n) is 5.71. The molecule has 0 bridgehead atoms. The first kappa shape index (κ1) is 23.2. The van der Waals surface area contributed by atoms with Crippen molar-refractivity contribution >= 4 is 29.2 Å². The Balaban J connectivity index is 1.55. The number of hydrogen-bond donors (Lipinski definition) is 0. The molecular formula is C25H25FN4O4. The molecule has 0 saturated heterocycles. The monoisotopic (exact) mass is 464 g/mol. The normalized spacial score (nSPS) is 12.7. The molecule has 176 valence electrons. The Morgan fingerprint density at radius 1 is 1.15 bits per heavy atom. The third kappa shape index (κ3) is 4.28. The standard InChI is InChI=1S/C25H25FN4O4/c1-5-30-22-18(24(31)29(3)19-7-9-21(26)28-23(19)30)13-16(14-27-22)10-11-34-20-8-6-17(12-15(20)2)25(32)33-4/h6-9,12-14H,5,10-11H2,1-4H3. The minimum atomic E-state index is -0.620. The van der Waals surface area contributed by atoms with Crippen LogP contribution in [0.1, 0.15) is 38.8 Å². The maximum atomic E-state index is 13.9. The van der Waals surface area contributed by atoms with Gasteiger partial charge in [-0.05, 0) is 61.4 Å². The fourth-order valence-electron chi connectivity index (χ4n) is 3.91. The number of carbonyl (C=O) groups is 2. The summed E-state index contributed by atoms with van der Waals surface area (Å²) in [4.78, 5) is 36.7. The van der Waals surface area contributed by atoms with Gasteiger partial charge in [0.2, 0.25) is 5.95 Å². The van der Waals surface area contributed by atoms with Gasteiger partial charge in [-0.1, -0.05) is 0 Å². The van der Waals surface area contributed by atoms with Crippen LogP contribution in [-0.4, -0.2) is 49.2 Å². The van der Waals surface area contributed by atoms with Crippen LogP contribution >= 0.6 is 0 Å². The van der Waals surface area contributed by atoms with Gasteiger partial charge in [0.25, 0.3) is 5.91 Å². The second-order valence-corrected chi connectivity index (χ2v) is 7.87. The van der Waals surface area contributed by atoms with E-state index in [0.29, 0.717) is 53.8 Å². The van der Waals surface area contributed by atoms with Crippen LogP contribution in [0.3, 0.4) is 0 Å². The molecule has 9 heteroatoms. The topological polar surface area (TPSA) is 84.9 Å². The molecule has 0 atom stereocenters. The van der Waals surface area contributed by atoms with Gasteiger partial charge in [0.05, 0.1) is 30.5 Å². The molecule has 0 N–H and O–H groups in total. The molecule has 1 aromatic carbocycles. The molecule has 0 spiro atoms. The van der Waals surface area contributed by atoms with Crippen LogP contribution in [0, 0.1) is 12.9 Å². The van der Waals surface area contributed by atoms with Crippen LogP contribution < -0.4 is 14.5 Å². The van der Waals surface area contributed by atoms with Crippen molar-refractivity contribution in [1.82, 2.24) is 9.97 Å². The highest BCUT2D eigenvalue weighted by molar-refractivity contribution is 6.12. The molecule has 0 unspecified atom stereocenters. The largest absolute Gasteiger partial charge is 0.493 e. The summed E-state index contributed by atoms with van der Waals surface area (Å²) in [6.07, 6.45) is 2.21. The van der Waals surface area contributed by atoms with E-state index in [9.17, 15) is 14.0 Å². The van der Waals surface area contributed by atoms with Crippen LogP contribution in [0.4, 0.5) is 21.7 Å². The zero-order valence-corrected chi connectivity index (χ0v) is 19.5. The summed E-state index contributed by atoms with van der Waals surface area (Å²) < 4.78 is 24.5. The maximum absolute atomic E-state index is 13.9. The van der Waals surface area contributed by atoms with Gasteiger partial charge in [-0.2, -0.15) is 9.37 Å². The lowest BCUT2D eigenvalue weighted by molar-refractivity contribution is 0.0600. The number of aromatic nitrogens is 2. The predicted molar refractivity (Wildman–Crippen MR) is 126 cm³/mol. The maximum Gasteiger partial charge on any atom is 0.337 e. The number of carbonyl (C=O) groups excluding carboxylic acids is 2. The Morgan fingerprint density at radius 2 is 1.94 bits per heavy atom. The summed E-state index contributed by atoms with van der Waals surface area (Å²) in [6.45, 7) is 4.57. The lowest BCUT2D eigenvalue weighted by Gasteiger charge is -2.22. The van der Waals surface area contributed by atoms with E-state index < -0.39 is 11.9 Å². The number of aryl methyl sites for hydroxylation is 1. The number of pyridine rings is 2. The average Bonchev–Trinajstić information content (AvgIpc) is 2.92. The fourth-order valence-corrected chi connectivity index (χ4v) is 3.91. The number of ether oxygens (including phenoxy) is 2. The smallest absolute Gasteiger partial charge is 0.337 e. The molecule has 8 nitrogen and oxygen atoms in total. The minimum Gasteiger partial charge on any atom is -0.493 e. The number of esters is 1. The summed E-state index contributed by atoms with van der Waals surface area (Å²) in [5, 5.41) is 0. The summed E-state index contributed by atoms with van der Waals surface area (Å²) >= 11 is 0. The lowest BCUT2D eigenvalue weighted by atomic mass is 10.1. The molecular weight excluding hydrogens is 439 g/mol.